The van der Waals surface area contributed by atoms with Crippen molar-refractivity contribution in [1.82, 2.24) is 9.97 Å². The Balaban J connectivity index is 1.96. The first kappa shape index (κ1) is 18.3. The van der Waals surface area contributed by atoms with E-state index in [1.54, 1.807) is 6.33 Å². The van der Waals surface area contributed by atoms with Gasteiger partial charge in [-0.1, -0.05) is 13.8 Å². The van der Waals surface area contributed by atoms with Crippen molar-refractivity contribution in [3.63, 3.8) is 0 Å². The van der Waals surface area contributed by atoms with Crippen LogP contribution in [0.2, 0.25) is 0 Å². The number of aromatic nitrogens is 2. The lowest BCUT2D eigenvalue weighted by Crippen LogP contribution is -2.38. The SMILES string of the molecule is CCOC(=O)C1CCN(c2ncnc(NCCC(C)C)c2N)CC1. The highest BCUT2D eigenvalue weighted by Gasteiger charge is 2.27. The van der Waals surface area contributed by atoms with Gasteiger partial charge in [0.25, 0.3) is 0 Å². The van der Waals surface area contributed by atoms with E-state index in [0.717, 1.165) is 44.7 Å². The van der Waals surface area contributed by atoms with E-state index in [9.17, 15) is 4.79 Å². The number of hydrogen-bond donors (Lipinski definition) is 2. The quantitative estimate of drug-likeness (QED) is 0.738. The maximum absolute atomic E-state index is 11.8. The average molecular weight is 335 g/mol. The number of nitrogens with two attached hydrogens (primary N) is 1. The Morgan fingerprint density at radius 1 is 1.42 bits per heavy atom. The molecule has 0 unspecified atom stereocenters. The lowest BCUT2D eigenvalue weighted by Gasteiger charge is -2.32. The molecular formula is C17H29N5O2. The van der Waals surface area contributed by atoms with E-state index in [1.165, 1.54) is 0 Å². The summed E-state index contributed by atoms with van der Waals surface area (Å²) in [5.74, 6) is 1.95. The third-order valence-electron chi connectivity index (χ3n) is 4.29. The van der Waals surface area contributed by atoms with Gasteiger partial charge in [0, 0.05) is 19.6 Å². The van der Waals surface area contributed by atoms with Crippen molar-refractivity contribution in [2.75, 3.05) is 42.2 Å². The molecule has 24 heavy (non-hydrogen) atoms. The largest absolute Gasteiger partial charge is 0.466 e. The lowest BCUT2D eigenvalue weighted by molar-refractivity contribution is -0.148. The molecule has 2 rings (SSSR count). The number of nitrogens with one attached hydrogen (secondary N) is 1. The predicted octanol–water partition coefficient (Wildman–Crippen LogP) is 2.30. The molecular weight excluding hydrogens is 306 g/mol. The number of nitrogens with zero attached hydrogens (tertiary/aromatic N) is 3. The van der Waals surface area contributed by atoms with Crippen LogP contribution in [0.4, 0.5) is 17.3 Å². The van der Waals surface area contributed by atoms with Crippen LogP contribution in [0.3, 0.4) is 0 Å². The smallest absolute Gasteiger partial charge is 0.309 e. The van der Waals surface area contributed by atoms with Gasteiger partial charge in [-0.2, -0.15) is 0 Å². The number of anilines is 3. The Hall–Kier alpha value is -2.05. The van der Waals surface area contributed by atoms with Crippen molar-refractivity contribution in [3.05, 3.63) is 6.33 Å². The molecule has 0 saturated carbocycles. The zero-order chi connectivity index (χ0) is 17.5. The fraction of sp³-hybridized carbons (Fsp3) is 0.706. The molecule has 1 saturated heterocycles. The number of piperidine rings is 1. The molecule has 0 spiro atoms. The topological polar surface area (TPSA) is 93.4 Å². The van der Waals surface area contributed by atoms with E-state index < -0.39 is 0 Å². The van der Waals surface area contributed by atoms with E-state index in [4.69, 9.17) is 10.5 Å². The standard InChI is InChI=1S/C17H29N5O2/c1-4-24-17(23)13-6-9-22(10-7-13)16-14(18)15(20-11-21-16)19-8-5-12(2)3/h11-13H,4-10,18H2,1-3H3,(H,19,20,21). The normalized spacial score (nSPS) is 15.6. The lowest BCUT2D eigenvalue weighted by atomic mass is 9.97. The molecule has 2 heterocycles. The molecule has 7 nitrogen and oxygen atoms in total. The maximum atomic E-state index is 11.8. The molecule has 0 bridgehead atoms. The van der Waals surface area contributed by atoms with Gasteiger partial charge in [-0.15, -0.1) is 0 Å². The Bertz CT molecular complexity index is 542. The first-order valence-corrected chi connectivity index (χ1v) is 8.78. The molecule has 0 radical (unpaired) electrons. The van der Waals surface area contributed by atoms with Crippen LogP contribution in [0.5, 0.6) is 0 Å². The summed E-state index contributed by atoms with van der Waals surface area (Å²) < 4.78 is 5.11. The Kier molecular flexibility index (Phi) is 6.63. The molecule has 1 aromatic heterocycles. The summed E-state index contributed by atoms with van der Waals surface area (Å²) >= 11 is 0. The predicted molar refractivity (Wildman–Crippen MR) is 96.0 cm³/mol. The molecule has 1 aromatic rings. The summed E-state index contributed by atoms with van der Waals surface area (Å²) in [4.78, 5) is 22.6. The van der Waals surface area contributed by atoms with E-state index in [2.05, 4.69) is 34.0 Å². The third kappa shape index (κ3) is 4.72. The molecule has 1 fully saturated rings. The van der Waals surface area contributed by atoms with E-state index in [-0.39, 0.29) is 11.9 Å². The van der Waals surface area contributed by atoms with Crippen LogP contribution in [-0.2, 0) is 9.53 Å². The van der Waals surface area contributed by atoms with Gasteiger partial charge in [-0.3, -0.25) is 4.79 Å². The average Bonchev–Trinajstić information content (AvgIpc) is 2.56. The van der Waals surface area contributed by atoms with Gasteiger partial charge in [0.05, 0.1) is 12.5 Å². The summed E-state index contributed by atoms with van der Waals surface area (Å²) in [6.07, 6.45) is 4.13. The highest BCUT2D eigenvalue weighted by atomic mass is 16.5. The number of nitrogen functional groups attached to an aromatic ring is 1. The van der Waals surface area contributed by atoms with E-state index in [1.807, 2.05) is 6.92 Å². The van der Waals surface area contributed by atoms with Crippen LogP contribution >= 0.6 is 0 Å². The van der Waals surface area contributed by atoms with Gasteiger partial charge in [0.2, 0.25) is 0 Å². The molecule has 0 amide bonds. The van der Waals surface area contributed by atoms with Crippen molar-refractivity contribution in [2.24, 2.45) is 11.8 Å². The number of hydrogen-bond acceptors (Lipinski definition) is 7. The zero-order valence-electron chi connectivity index (χ0n) is 14.9. The molecule has 0 aliphatic carbocycles. The van der Waals surface area contributed by atoms with Gasteiger partial charge in [0.1, 0.15) is 12.0 Å². The third-order valence-corrected chi connectivity index (χ3v) is 4.29. The van der Waals surface area contributed by atoms with Crippen molar-refractivity contribution in [3.8, 4) is 0 Å². The Morgan fingerprint density at radius 3 is 2.75 bits per heavy atom. The van der Waals surface area contributed by atoms with Gasteiger partial charge in [0.15, 0.2) is 11.6 Å². The maximum Gasteiger partial charge on any atom is 0.309 e. The van der Waals surface area contributed by atoms with Crippen LogP contribution in [0.1, 0.15) is 40.0 Å². The highest BCUT2D eigenvalue weighted by Crippen LogP contribution is 2.30. The second-order valence-electron chi connectivity index (χ2n) is 6.58. The van der Waals surface area contributed by atoms with Crippen LogP contribution in [0.15, 0.2) is 6.33 Å². The summed E-state index contributed by atoms with van der Waals surface area (Å²) in [6.45, 7) is 8.97. The minimum Gasteiger partial charge on any atom is -0.466 e. The van der Waals surface area contributed by atoms with Crippen molar-refractivity contribution >= 4 is 23.3 Å². The van der Waals surface area contributed by atoms with Gasteiger partial charge in [-0.05, 0) is 32.1 Å². The number of esters is 1. The Morgan fingerprint density at radius 2 is 2.12 bits per heavy atom. The summed E-state index contributed by atoms with van der Waals surface area (Å²) in [5, 5.41) is 3.29. The molecule has 0 atom stereocenters. The number of carbonyl (C=O) groups excluding carboxylic acids is 1. The molecule has 134 valence electrons. The number of carbonyl (C=O) groups is 1. The van der Waals surface area contributed by atoms with E-state index >= 15 is 0 Å². The zero-order valence-corrected chi connectivity index (χ0v) is 14.9. The number of rotatable bonds is 7. The van der Waals surface area contributed by atoms with Crippen LogP contribution < -0.4 is 16.0 Å². The first-order valence-electron chi connectivity index (χ1n) is 8.78. The van der Waals surface area contributed by atoms with Crippen LogP contribution in [-0.4, -0.2) is 42.2 Å². The summed E-state index contributed by atoms with van der Waals surface area (Å²) in [5.41, 5.74) is 6.83. The molecule has 1 aliphatic rings. The summed E-state index contributed by atoms with van der Waals surface area (Å²) in [6, 6.07) is 0. The van der Waals surface area contributed by atoms with Crippen LogP contribution in [0, 0.1) is 11.8 Å². The summed E-state index contributed by atoms with van der Waals surface area (Å²) in [7, 11) is 0. The first-order chi connectivity index (χ1) is 11.5. The fourth-order valence-electron chi connectivity index (χ4n) is 2.85. The monoisotopic (exact) mass is 335 g/mol. The Labute approximate surface area is 144 Å². The van der Waals surface area contributed by atoms with Gasteiger partial charge >= 0.3 is 5.97 Å². The van der Waals surface area contributed by atoms with Gasteiger partial charge in [-0.25, -0.2) is 9.97 Å². The molecule has 7 heteroatoms. The second kappa shape index (κ2) is 8.70. The van der Waals surface area contributed by atoms with Gasteiger partial charge < -0.3 is 20.7 Å². The second-order valence-corrected chi connectivity index (χ2v) is 6.58. The van der Waals surface area contributed by atoms with Crippen molar-refractivity contribution in [2.45, 2.75) is 40.0 Å². The van der Waals surface area contributed by atoms with Crippen LogP contribution in [0.25, 0.3) is 0 Å². The minimum atomic E-state index is -0.0937. The van der Waals surface area contributed by atoms with Crippen molar-refractivity contribution < 1.29 is 9.53 Å². The molecule has 0 aromatic carbocycles. The van der Waals surface area contributed by atoms with E-state index in [0.29, 0.717) is 24.0 Å². The minimum absolute atomic E-state index is 0.0205. The number of ether oxygens (including phenoxy) is 1. The highest BCUT2D eigenvalue weighted by molar-refractivity contribution is 5.76. The van der Waals surface area contributed by atoms with Crippen molar-refractivity contribution in [1.29, 1.82) is 0 Å². The molecule has 1 aliphatic heterocycles. The fourth-order valence-corrected chi connectivity index (χ4v) is 2.85. The molecule has 3 N–H and O–H groups in total.